The van der Waals surface area contributed by atoms with Crippen molar-refractivity contribution >= 4 is 11.6 Å². The van der Waals surface area contributed by atoms with Crippen LogP contribution in [0.3, 0.4) is 0 Å². The first-order valence-corrected chi connectivity index (χ1v) is 8.24. The highest BCUT2D eigenvalue weighted by Gasteiger charge is 2.25. The van der Waals surface area contributed by atoms with Gasteiger partial charge in [-0.05, 0) is 50.9 Å². The summed E-state index contributed by atoms with van der Waals surface area (Å²) in [6, 6.07) is 11.6. The number of likely N-dealkylation sites (tertiary alicyclic amines) is 1. The number of benzene rings is 1. The highest BCUT2D eigenvalue weighted by molar-refractivity contribution is 5.94. The van der Waals surface area contributed by atoms with Gasteiger partial charge in [-0.1, -0.05) is 18.2 Å². The van der Waals surface area contributed by atoms with E-state index in [1.165, 1.54) is 0 Å². The van der Waals surface area contributed by atoms with E-state index in [4.69, 9.17) is 5.26 Å². The molecular formula is C18H25N3O2. The summed E-state index contributed by atoms with van der Waals surface area (Å²) in [5, 5.41) is 18.5. The van der Waals surface area contributed by atoms with E-state index in [9.17, 15) is 9.90 Å². The molecule has 0 spiro atoms. The Labute approximate surface area is 138 Å². The molecule has 0 saturated carbocycles. The first-order valence-electron chi connectivity index (χ1n) is 8.24. The van der Waals surface area contributed by atoms with Gasteiger partial charge in [0.2, 0.25) is 5.91 Å². The van der Waals surface area contributed by atoms with E-state index in [-0.39, 0.29) is 12.0 Å². The van der Waals surface area contributed by atoms with Crippen molar-refractivity contribution in [3.63, 3.8) is 0 Å². The zero-order valence-corrected chi connectivity index (χ0v) is 13.7. The van der Waals surface area contributed by atoms with Gasteiger partial charge in [0.05, 0.1) is 25.1 Å². The molecule has 1 atom stereocenters. The van der Waals surface area contributed by atoms with Crippen LogP contribution in [0.5, 0.6) is 0 Å². The minimum Gasteiger partial charge on any atom is -0.393 e. The fourth-order valence-corrected chi connectivity index (χ4v) is 3.04. The zero-order chi connectivity index (χ0) is 16.7. The van der Waals surface area contributed by atoms with Crippen LogP contribution in [0.4, 0.5) is 5.69 Å². The lowest BCUT2D eigenvalue weighted by molar-refractivity contribution is -0.120. The number of nitriles is 1. The molecule has 0 aromatic heterocycles. The number of hydrogen-bond donors (Lipinski definition) is 1. The van der Waals surface area contributed by atoms with Crippen molar-refractivity contribution in [3.05, 3.63) is 30.3 Å². The topological polar surface area (TPSA) is 67.6 Å². The van der Waals surface area contributed by atoms with Crippen molar-refractivity contribution in [2.75, 3.05) is 31.1 Å². The van der Waals surface area contributed by atoms with Crippen molar-refractivity contribution in [3.8, 4) is 6.07 Å². The standard InChI is InChI=1S/C18H25N3O2/c1-15(22)16-8-12-20(13-9-16)14-18(23)21(11-5-10-19)17-6-3-2-4-7-17/h2-4,6-7,15-16,22H,5,8-9,11-14H2,1H3. The quantitative estimate of drug-likeness (QED) is 0.872. The zero-order valence-electron chi connectivity index (χ0n) is 13.7. The molecule has 1 amide bonds. The number of aliphatic hydroxyl groups excluding tert-OH is 1. The smallest absolute Gasteiger partial charge is 0.241 e. The van der Waals surface area contributed by atoms with Crippen molar-refractivity contribution in [2.24, 2.45) is 5.92 Å². The molecule has 1 saturated heterocycles. The normalized spacial score (nSPS) is 17.4. The molecule has 124 valence electrons. The second-order valence-electron chi connectivity index (χ2n) is 6.14. The molecule has 1 aromatic rings. The summed E-state index contributed by atoms with van der Waals surface area (Å²) in [7, 11) is 0. The molecule has 1 aliphatic heterocycles. The minimum absolute atomic E-state index is 0.0296. The lowest BCUT2D eigenvalue weighted by Crippen LogP contribution is -2.45. The summed E-state index contributed by atoms with van der Waals surface area (Å²) >= 11 is 0. The Morgan fingerprint density at radius 2 is 2.04 bits per heavy atom. The Hall–Kier alpha value is -1.90. The highest BCUT2D eigenvalue weighted by Crippen LogP contribution is 2.21. The number of nitrogens with zero attached hydrogens (tertiary/aromatic N) is 3. The molecule has 5 heteroatoms. The average molecular weight is 315 g/mol. The van der Waals surface area contributed by atoms with Crippen LogP contribution < -0.4 is 4.90 Å². The van der Waals surface area contributed by atoms with Crippen LogP contribution in [0.25, 0.3) is 0 Å². The van der Waals surface area contributed by atoms with E-state index in [1.807, 2.05) is 37.3 Å². The summed E-state index contributed by atoms with van der Waals surface area (Å²) in [4.78, 5) is 16.5. The van der Waals surface area contributed by atoms with Crippen LogP contribution in [0.15, 0.2) is 30.3 Å². The van der Waals surface area contributed by atoms with Crippen LogP contribution in [0.2, 0.25) is 0 Å². The monoisotopic (exact) mass is 315 g/mol. The fourth-order valence-electron chi connectivity index (χ4n) is 3.04. The van der Waals surface area contributed by atoms with Crippen molar-refractivity contribution in [1.82, 2.24) is 4.90 Å². The van der Waals surface area contributed by atoms with Gasteiger partial charge >= 0.3 is 0 Å². The Bertz CT molecular complexity index is 531. The highest BCUT2D eigenvalue weighted by atomic mass is 16.3. The van der Waals surface area contributed by atoms with Gasteiger partial charge in [-0.2, -0.15) is 5.26 Å². The van der Waals surface area contributed by atoms with Gasteiger partial charge in [-0.3, -0.25) is 9.69 Å². The van der Waals surface area contributed by atoms with Gasteiger partial charge in [0.1, 0.15) is 0 Å². The van der Waals surface area contributed by atoms with Crippen LogP contribution in [-0.2, 0) is 4.79 Å². The van der Waals surface area contributed by atoms with Gasteiger partial charge in [0.15, 0.2) is 0 Å². The summed E-state index contributed by atoms with van der Waals surface area (Å²) in [5.41, 5.74) is 0.839. The fraction of sp³-hybridized carbons (Fsp3) is 0.556. The van der Waals surface area contributed by atoms with E-state index in [1.54, 1.807) is 4.90 Å². The molecule has 5 nitrogen and oxygen atoms in total. The van der Waals surface area contributed by atoms with Crippen LogP contribution in [-0.4, -0.2) is 48.2 Å². The molecule has 0 radical (unpaired) electrons. The maximum atomic E-state index is 12.7. The lowest BCUT2D eigenvalue weighted by Gasteiger charge is -2.34. The van der Waals surface area contributed by atoms with Crippen molar-refractivity contribution in [2.45, 2.75) is 32.3 Å². The molecule has 1 aromatic carbocycles. The van der Waals surface area contributed by atoms with E-state index in [0.717, 1.165) is 31.6 Å². The average Bonchev–Trinajstić information content (AvgIpc) is 2.56. The Morgan fingerprint density at radius 1 is 1.39 bits per heavy atom. The maximum Gasteiger partial charge on any atom is 0.241 e. The van der Waals surface area contributed by atoms with Crippen LogP contribution in [0.1, 0.15) is 26.2 Å². The molecule has 1 aliphatic rings. The molecule has 1 N–H and O–H groups in total. The third-order valence-electron chi connectivity index (χ3n) is 4.49. The Kier molecular flexibility index (Phi) is 6.57. The number of anilines is 1. The molecule has 1 fully saturated rings. The number of carbonyl (C=O) groups is 1. The van der Waals surface area contributed by atoms with Crippen molar-refractivity contribution < 1.29 is 9.90 Å². The first kappa shape index (κ1) is 17.5. The summed E-state index contributed by atoms with van der Waals surface area (Å²) in [5.74, 6) is 0.368. The van der Waals surface area contributed by atoms with Gasteiger partial charge in [0.25, 0.3) is 0 Å². The van der Waals surface area contributed by atoms with Gasteiger partial charge in [-0.15, -0.1) is 0 Å². The van der Waals surface area contributed by atoms with E-state index >= 15 is 0 Å². The number of amides is 1. The third-order valence-corrected chi connectivity index (χ3v) is 4.49. The number of hydrogen-bond acceptors (Lipinski definition) is 4. The summed E-state index contributed by atoms with van der Waals surface area (Å²) < 4.78 is 0. The number of aliphatic hydroxyl groups is 1. The molecule has 1 heterocycles. The minimum atomic E-state index is -0.274. The largest absolute Gasteiger partial charge is 0.393 e. The molecule has 2 rings (SSSR count). The van der Waals surface area contributed by atoms with E-state index < -0.39 is 0 Å². The second-order valence-corrected chi connectivity index (χ2v) is 6.14. The first-order chi connectivity index (χ1) is 11.1. The SMILES string of the molecule is CC(O)C1CCN(CC(=O)N(CCC#N)c2ccccc2)CC1. The predicted octanol–water partition coefficient (Wildman–Crippen LogP) is 2.03. The van der Waals surface area contributed by atoms with E-state index in [2.05, 4.69) is 11.0 Å². The summed E-state index contributed by atoms with van der Waals surface area (Å²) in [6.45, 7) is 4.30. The van der Waals surface area contributed by atoms with Gasteiger partial charge < -0.3 is 10.0 Å². The number of para-hydroxylation sites is 1. The van der Waals surface area contributed by atoms with Gasteiger partial charge in [-0.25, -0.2) is 0 Å². The van der Waals surface area contributed by atoms with Gasteiger partial charge in [0, 0.05) is 12.2 Å². The number of carbonyl (C=O) groups excluding carboxylic acids is 1. The second kappa shape index (κ2) is 8.66. The summed E-state index contributed by atoms with van der Waals surface area (Å²) in [6.07, 6.45) is 1.90. The third kappa shape index (κ3) is 5.05. The Balaban J connectivity index is 1.95. The maximum absolute atomic E-state index is 12.7. The molecular weight excluding hydrogens is 290 g/mol. The number of rotatable bonds is 6. The molecule has 0 aliphatic carbocycles. The Morgan fingerprint density at radius 3 is 2.61 bits per heavy atom. The number of piperidine rings is 1. The predicted molar refractivity (Wildman–Crippen MR) is 89.9 cm³/mol. The molecule has 0 bridgehead atoms. The van der Waals surface area contributed by atoms with Crippen LogP contribution in [0, 0.1) is 17.2 Å². The molecule has 1 unspecified atom stereocenters. The molecule has 23 heavy (non-hydrogen) atoms. The van der Waals surface area contributed by atoms with E-state index in [0.29, 0.717) is 25.4 Å². The lowest BCUT2D eigenvalue weighted by atomic mass is 9.92. The van der Waals surface area contributed by atoms with Crippen LogP contribution >= 0.6 is 0 Å². The van der Waals surface area contributed by atoms with Crippen molar-refractivity contribution in [1.29, 1.82) is 5.26 Å².